The van der Waals surface area contributed by atoms with Crippen LogP contribution in [0.5, 0.6) is 5.75 Å². The minimum atomic E-state index is -0.777. The lowest BCUT2D eigenvalue weighted by molar-refractivity contribution is 0.0384. The van der Waals surface area contributed by atoms with E-state index in [1.807, 2.05) is 18.2 Å². The zero-order valence-electron chi connectivity index (χ0n) is 16.4. The van der Waals surface area contributed by atoms with Gasteiger partial charge in [-0.3, -0.25) is 0 Å². The Balaban J connectivity index is 1.76. The van der Waals surface area contributed by atoms with E-state index in [0.29, 0.717) is 12.5 Å². The summed E-state index contributed by atoms with van der Waals surface area (Å²) in [6.07, 6.45) is 4.49. The number of rotatable bonds is 6. The van der Waals surface area contributed by atoms with Crippen molar-refractivity contribution >= 4 is 22.0 Å². The van der Waals surface area contributed by atoms with Gasteiger partial charge in [-0.15, -0.1) is 0 Å². The quantitative estimate of drug-likeness (QED) is 0.559. The van der Waals surface area contributed by atoms with Gasteiger partial charge in [-0.2, -0.15) is 0 Å². The summed E-state index contributed by atoms with van der Waals surface area (Å²) in [6, 6.07) is 6.14. The fraction of sp³-hybridized carbons (Fsp3) is 0.667. The van der Waals surface area contributed by atoms with E-state index in [1.165, 1.54) is 0 Å². The number of unbranched alkanes of at least 4 members (excludes halogenated alkanes) is 1. The molecule has 0 aromatic heterocycles. The molecule has 2 atom stereocenters. The number of hydrogen-bond donors (Lipinski definition) is 1. The van der Waals surface area contributed by atoms with Gasteiger partial charge in [0.25, 0.3) is 0 Å². The molecule has 1 heterocycles. The minimum Gasteiger partial charge on any atom is -0.493 e. The SMILES string of the molecule is Cc1c(Br)cccc1OCCCCC1CCN(C(=O)O)C(C(C)(C)C)C1. The van der Waals surface area contributed by atoms with E-state index in [9.17, 15) is 9.90 Å². The Morgan fingerprint density at radius 1 is 1.35 bits per heavy atom. The first kappa shape index (κ1) is 21.1. The highest BCUT2D eigenvalue weighted by Gasteiger charge is 2.38. The molecule has 146 valence electrons. The number of likely N-dealkylation sites (tertiary alicyclic amines) is 1. The monoisotopic (exact) mass is 425 g/mol. The predicted molar refractivity (Wildman–Crippen MR) is 109 cm³/mol. The summed E-state index contributed by atoms with van der Waals surface area (Å²) in [6.45, 7) is 9.88. The lowest BCUT2D eigenvalue weighted by Gasteiger charge is -2.44. The maximum Gasteiger partial charge on any atom is 0.407 e. The minimum absolute atomic E-state index is 0.0155. The summed E-state index contributed by atoms with van der Waals surface area (Å²) in [5.41, 5.74) is 1.12. The predicted octanol–water partition coefficient (Wildman–Crippen LogP) is 6.11. The lowest BCUT2D eigenvalue weighted by Crippen LogP contribution is -2.51. The zero-order chi connectivity index (χ0) is 19.3. The Morgan fingerprint density at radius 2 is 2.08 bits per heavy atom. The van der Waals surface area contributed by atoms with E-state index in [0.717, 1.165) is 54.5 Å². The summed E-state index contributed by atoms with van der Waals surface area (Å²) in [7, 11) is 0. The second kappa shape index (κ2) is 9.12. The van der Waals surface area contributed by atoms with Crippen molar-refractivity contribution in [3.63, 3.8) is 0 Å². The van der Waals surface area contributed by atoms with Gasteiger partial charge in [0.05, 0.1) is 6.61 Å². The Kier molecular flexibility index (Phi) is 7.39. The summed E-state index contributed by atoms with van der Waals surface area (Å²) in [5, 5.41) is 9.46. The molecule has 2 unspecified atom stereocenters. The van der Waals surface area contributed by atoms with Gasteiger partial charge in [-0.1, -0.05) is 49.2 Å². The molecule has 0 radical (unpaired) electrons. The number of piperidine rings is 1. The molecule has 0 spiro atoms. The third kappa shape index (κ3) is 5.63. The van der Waals surface area contributed by atoms with Gasteiger partial charge >= 0.3 is 6.09 Å². The Morgan fingerprint density at radius 3 is 2.73 bits per heavy atom. The van der Waals surface area contributed by atoms with Gasteiger partial charge in [0, 0.05) is 22.6 Å². The number of nitrogens with zero attached hydrogens (tertiary/aromatic N) is 1. The summed E-state index contributed by atoms with van der Waals surface area (Å²) >= 11 is 3.53. The average Bonchev–Trinajstić information content (AvgIpc) is 2.57. The van der Waals surface area contributed by atoms with Crippen LogP contribution in [0, 0.1) is 18.3 Å². The fourth-order valence-electron chi connectivity index (χ4n) is 3.81. The fourth-order valence-corrected chi connectivity index (χ4v) is 4.16. The normalized spacial score (nSPS) is 20.9. The molecule has 1 fully saturated rings. The van der Waals surface area contributed by atoms with Gasteiger partial charge in [0.15, 0.2) is 0 Å². The van der Waals surface area contributed by atoms with Crippen LogP contribution in [0.15, 0.2) is 22.7 Å². The van der Waals surface area contributed by atoms with Crippen molar-refractivity contribution in [1.29, 1.82) is 0 Å². The highest BCUT2D eigenvalue weighted by atomic mass is 79.9. The summed E-state index contributed by atoms with van der Waals surface area (Å²) in [4.78, 5) is 13.2. The van der Waals surface area contributed by atoms with Crippen molar-refractivity contribution in [2.45, 2.75) is 65.8 Å². The maximum atomic E-state index is 11.5. The zero-order valence-corrected chi connectivity index (χ0v) is 18.0. The number of ether oxygens (including phenoxy) is 1. The molecule has 5 heteroatoms. The molecule has 1 aliphatic heterocycles. The molecule has 2 rings (SSSR count). The first-order valence-corrected chi connectivity index (χ1v) is 10.4. The standard InChI is InChI=1S/C21H32BrNO3/c1-15-17(22)9-7-10-18(15)26-13-6-5-8-16-11-12-23(20(24)25)19(14-16)21(2,3)4/h7,9-10,16,19H,5-6,8,11-14H2,1-4H3,(H,24,25). The van der Waals surface area contributed by atoms with Crippen LogP contribution in [0.2, 0.25) is 0 Å². The molecule has 26 heavy (non-hydrogen) atoms. The van der Waals surface area contributed by atoms with Crippen molar-refractivity contribution in [1.82, 2.24) is 4.90 Å². The number of hydrogen-bond acceptors (Lipinski definition) is 2. The second-order valence-electron chi connectivity index (χ2n) is 8.46. The first-order valence-electron chi connectivity index (χ1n) is 9.57. The maximum absolute atomic E-state index is 11.5. The second-order valence-corrected chi connectivity index (χ2v) is 9.31. The highest BCUT2D eigenvalue weighted by molar-refractivity contribution is 9.10. The van der Waals surface area contributed by atoms with E-state index in [2.05, 4.69) is 43.6 Å². The van der Waals surface area contributed by atoms with Crippen LogP contribution in [0.3, 0.4) is 0 Å². The van der Waals surface area contributed by atoms with Crippen LogP contribution in [0.4, 0.5) is 4.79 Å². The van der Waals surface area contributed by atoms with Crippen LogP contribution in [0.1, 0.15) is 58.4 Å². The molecule has 1 amide bonds. The Bertz CT molecular complexity index is 612. The Hall–Kier alpha value is -1.23. The van der Waals surface area contributed by atoms with Crippen LogP contribution in [0.25, 0.3) is 0 Å². The van der Waals surface area contributed by atoms with E-state index < -0.39 is 6.09 Å². The number of amides is 1. The van der Waals surface area contributed by atoms with Gasteiger partial charge < -0.3 is 14.7 Å². The van der Waals surface area contributed by atoms with E-state index in [1.54, 1.807) is 4.90 Å². The molecular formula is C21H32BrNO3. The van der Waals surface area contributed by atoms with Gasteiger partial charge in [0.1, 0.15) is 5.75 Å². The average molecular weight is 426 g/mol. The van der Waals surface area contributed by atoms with Gasteiger partial charge in [0.2, 0.25) is 0 Å². The largest absolute Gasteiger partial charge is 0.493 e. The molecular weight excluding hydrogens is 394 g/mol. The molecule has 0 saturated carbocycles. The number of carbonyl (C=O) groups is 1. The Labute approximate surface area is 166 Å². The summed E-state index contributed by atoms with van der Waals surface area (Å²) < 4.78 is 6.99. The molecule has 1 saturated heterocycles. The van der Waals surface area contributed by atoms with Crippen LogP contribution in [-0.4, -0.2) is 35.3 Å². The lowest BCUT2D eigenvalue weighted by atomic mass is 9.76. The van der Waals surface area contributed by atoms with Crippen LogP contribution in [-0.2, 0) is 0 Å². The molecule has 0 aliphatic carbocycles. The van der Waals surface area contributed by atoms with E-state index in [4.69, 9.17) is 4.74 Å². The smallest absolute Gasteiger partial charge is 0.407 e. The van der Waals surface area contributed by atoms with E-state index in [-0.39, 0.29) is 11.5 Å². The first-order chi connectivity index (χ1) is 12.2. The van der Waals surface area contributed by atoms with Crippen molar-refractivity contribution in [2.75, 3.05) is 13.2 Å². The van der Waals surface area contributed by atoms with Crippen molar-refractivity contribution < 1.29 is 14.6 Å². The number of halogens is 1. The topological polar surface area (TPSA) is 49.8 Å². The molecule has 4 nitrogen and oxygen atoms in total. The molecule has 0 bridgehead atoms. The van der Waals surface area contributed by atoms with Gasteiger partial charge in [-0.05, 0) is 56.1 Å². The number of carboxylic acid groups (broad SMARTS) is 1. The third-order valence-corrected chi connectivity index (χ3v) is 6.30. The van der Waals surface area contributed by atoms with Crippen molar-refractivity contribution in [3.8, 4) is 5.75 Å². The molecule has 1 aliphatic rings. The molecule has 1 aromatic carbocycles. The number of benzene rings is 1. The third-order valence-electron chi connectivity index (χ3n) is 5.44. The van der Waals surface area contributed by atoms with Crippen LogP contribution >= 0.6 is 15.9 Å². The van der Waals surface area contributed by atoms with E-state index >= 15 is 0 Å². The molecule has 1 N–H and O–H groups in total. The highest BCUT2D eigenvalue weighted by Crippen LogP contribution is 2.36. The molecule has 1 aromatic rings. The summed E-state index contributed by atoms with van der Waals surface area (Å²) in [5.74, 6) is 1.56. The van der Waals surface area contributed by atoms with Crippen molar-refractivity contribution in [2.24, 2.45) is 11.3 Å². The van der Waals surface area contributed by atoms with Crippen LogP contribution < -0.4 is 4.74 Å². The van der Waals surface area contributed by atoms with Gasteiger partial charge in [-0.25, -0.2) is 4.79 Å². The van der Waals surface area contributed by atoms with Crippen molar-refractivity contribution in [3.05, 3.63) is 28.2 Å².